The Balaban J connectivity index is 1.46. The van der Waals surface area contributed by atoms with Gasteiger partial charge >= 0.3 is 6.09 Å². The zero-order valence-corrected chi connectivity index (χ0v) is 20.0. The van der Waals surface area contributed by atoms with Gasteiger partial charge in [-0.3, -0.25) is 14.6 Å². The Hall–Kier alpha value is -2.35. The Morgan fingerprint density at radius 1 is 1.06 bits per heavy atom. The van der Waals surface area contributed by atoms with Gasteiger partial charge in [-0.25, -0.2) is 9.18 Å². The highest BCUT2D eigenvalue weighted by Crippen LogP contribution is 2.29. The molecule has 1 aliphatic carbocycles. The van der Waals surface area contributed by atoms with E-state index in [-0.39, 0.29) is 18.3 Å². The van der Waals surface area contributed by atoms with E-state index in [9.17, 15) is 14.0 Å². The van der Waals surface area contributed by atoms with Gasteiger partial charge < -0.3 is 14.4 Å². The molecule has 33 heavy (non-hydrogen) atoms. The number of amides is 2. The second-order valence-corrected chi connectivity index (χ2v) is 10.4. The maximum atomic E-state index is 13.6. The summed E-state index contributed by atoms with van der Waals surface area (Å²) < 4.78 is 25.2. The maximum Gasteiger partial charge on any atom is 0.411 e. The van der Waals surface area contributed by atoms with Crippen molar-refractivity contribution in [2.75, 3.05) is 32.7 Å². The summed E-state index contributed by atoms with van der Waals surface area (Å²) in [6.45, 7) is 8.90. The van der Waals surface area contributed by atoms with Crippen LogP contribution in [-0.2, 0) is 9.53 Å². The van der Waals surface area contributed by atoms with E-state index in [0.29, 0.717) is 31.3 Å². The highest BCUT2D eigenvalue weighted by atomic mass is 19.1. The molecule has 8 heteroatoms. The Morgan fingerprint density at radius 2 is 1.85 bits per heavy atom. The molecule has 2 heterocycles. The lowest BCUT2D eigenvalue weighted by molar-refractivity contribution is -0.135. The van der Waals surface area contributed by atoms with Gasteiger partial charge in [0, 0.05) is 44.7 Å². The lowest BCUT2D eigenvalue weighted by Crippen LogP contribution is -2.50. The third-order valence-corrected chi connectivity index (χ3v) is 6.71. The molecule has 0 N–H and O–H groups in total. The van der Waals surface area contributed by atoms with Crippen molar-refractivity contribution in [1.29, 1.82) is 0 Å². The Bertz CT molecular complexity index is 854. The first-order valence-corrected chi connectivity index (χ1v) is 12.1. The summed E-state index contributed by atoms with van der Waals surface area (Å²) in [6.07, 6.45) is 4.17. The predicted octanol–water partition coefficient (Wildman–Crippen LogP) is 3.67. The molecule has 3 fully saturated rings. The molecule has 0 spiro atoms. The van der Waals surface area contributed by atoms with E-state index >= 15 is 0 Å². The summed E-state index contributed by atoms with van der Waals surface area (Å²) in [6, 6.07) is 5.95. The molecule has 1 unspecified atom stereocenters. The van der Waals surface area contributed by atoms with Gasteiger partial charge in [0.1, 0.15) is 29.3 Å². The van der Waals surface area contributed by atoms with Crippen molar-refractivity contribution in [2.45, 2.75) is 76.7 Å². The predicted molar refractivity (Wildman–Crippen MR) is 123 cm³/mol. The normalized spacial score (nSPS) is 24.8. The van der Waals surface area contributed by atoms with Gasteiger partial charge in [-0.2, -0.15) is 0 Å². The van der Waals surface area contributed by atoms with E-state index in [1.54, 1.807) is 12.1 Å². The van der Waals surface area contributed by atoms with Crippen molar-refractivity contribution in [3.8, 4) is 5.75 Å². The van der Waals surface area contributed by atoms with Crippen LogP contribution in [-0.4, -0.2) is 83.2 Å². The molecule has 2 saturated heterocycles. The highest BCUT2D eigenvalue weighted by molar-refractivity contribution is 5.86. The molecule has 7 nitrogen and oxygen atoms in total. The van der Waals surface area contributed by atoms with E-state index in [1.165, 1.54) is 36.3 Å². The third-order valence-electron chi connectivity index (χ3n) is 6.71. The highest BCUT2D eigenvalue weighted by Gasteiger charge is 2.44. The topological polar surface area (TPSA) is 62.3 Å². The SMILES string of the molecule is CC(C)(C)OC(=O)N1CC(Oc2cccc(F)c2)C[C@H]1C(=O)N1CCCN(C2CCC2)CC1. The molecule has 182 valence electrons. The smallest absolute Gasteiger partial charge is 0.411 e. The number of carbonyl (C=O) groups excluding carboxylic acids is 2. The van der Waals surface area contributed by atoms with Crippen LogP contribution in [0.2, 0.25) is 0 Å². The third kappa shape index (κ3) is 5.96. The van der Waals surface area contributed by atoms with E-state index in [4.69, 9.17) is 9.47 Å². The first-order chi connectivity index (χ1) is 15.7. The van der Waals surface area contributed by atoms with Crippen molar-refractivity contribution in [3.05, 3.63) is 30.1 Å². The van der Waals surface area contributed by atoms with Crippen LogP contribution in [0.1, 0.15) is 52.9 Å². The number of carbonyl (C=O) groups is 2. The van der Waals surface area contributed by atoms with Crippen LogP contribution in [0, 0.1) is 5.82 Å². The molecule has 2 atom stereocenters. The first kappa shape index (κ1) is 23.8. The molecule has 2 aliphatic heterocycles. The van der Waals surface area contributed by atoms with E-state index < -0.39 is 23.8 Å². The second kappa shape index (κ2) is 9.87. The summed E-state index contributed by atoms with van der Waals surface area (Å²) in [5.41, 5.74) is -0.669. The van der Waals surface area contributed by atoms with E-state index in [1.807, 2.05) is 25.7 Å². The number of nitrogens with zero attached hydrogens (tertiary/aromatic N) is 3. The van der Waals surface area contributed by atoms with Crippen molar-refractivity contribution < 1.29 is 23.5 Å². The molecule has 0 bridgehead atoms. The zero-order chi connectivity index (χ0) is 23.6. The van der Waals surface area contributed by atoms with Crippen molar-refractivity contribution in [3.63, 3.8) is 0 Å². The molecule has 0 aromatic heterocycles. The van der Waals surface area contributed by atoms with Gasteiger partial charge in [0.2, 0.25) is 5.91 Å². The molecule has 4 rings (SSSR count). The van der Waals surface area contributed by atoms with Gasteiger partial charge in [-0.15, -0.1) is 0 Å². The number of halogens is 1. The lowest BCUT2D eigenvalue weighted by Gasteiger charge is -2.37. The molecular formula is C25H36FN3O4. The van der Waals surface area contributed by atoms with Crippen LogP contribution >= 0.6 is 0 Å². The second-order valence-electron chi connectivity index (χ2n) is 10.4. The number of benzene rings is 1. The molecule has 2 amide bonds. The van der Waals surface area contributed by atoms with Crippen molar-refractivity contribution in [1.82, 2.24) is 14.7 Å². The molecule has 1 aromatic rings. The maximum absolute atomic E-state index is 13.6. The Morgan fingerprint density at radius 3 is 2.52 bits per heavy atom. The van der Waals surface area contributed by atoms with Crippen LogP contribution in [0.25, 0.3) is 0 Å². The lowest BCUT2D eigenvalue weighted by atomic mass is 9.91. The van der Waals surface area contributed by atoms with Gasteiger partial charge in [0.05, 0.1) is 6.54 Å². The standard InChI is InChI=1S/C25H36FN3O4/c1-25(2,3)33-24(31)29-17-21(32-20-10-4-7-18(26)15-20)16-22(29)23(30)28-12-6-11-27(13-14-28)19-8-5-9-19/h4,7,10,15,19,21-22H,5-6,8-9,11-14,16-17H2,1-3H3/t21?,22-/m0/s1. The van der Waals surface area contributed by atoms with Crippen LogP contribution in [0.3, 0.4) is 0 Å². The number of hydrogen-bond acceptors (Lipinski definition) is 5. The van der Waals surface area contributed by atoms with Crippen LogP contribution in [0.15, 0.2) is 24.3 Å². The summed E-state index contributed by atoms with van der Waals surface area (Å²) >= 11 is 0. The Kier molecular flexibility index (Phi) is 7.12. The molecule has 0 radical (unpaired) electrons. The van der Waals surface area contributed by atoms with E-state index in [2.05, 4.69) is 4.90 Å². The minimum Gasteiger partial charge on any atom is -0.488 e. The van der Waals surface area contributed by atoms with Gasteiger partial charge in [0.25, 0.3) is 0 Å². The van der Waals surface area contributed by atoms with Crippen molar-refractivity contribution in [2.24, 2.45) is 0 Å². The molecule has 3 aliphatic rings. The van der Waals surface area contributed by atoms with Gasteiger partial charge in [-0.05, 0) is 52.2 Å². The first-order valence-electron chi connectivity index (χ1n) is 12.1. The number of hydrogen-bond donors (Lipinski definition) is 0. The minimum atomic E-state index is -0.669. The van der Waals surface area contributed by atoms with Crippen LogP contribution < -0.4 is 4.74 Å². The quantitative estimate of drug-likeness (QED) is 0.685. The zero-order valence-electron chi connectivity index (χ0n) is 20.0. The minimum absolute atomic E-state index is 0.0540. The molecule has 1 saturated carbocycles. The van der Waals surface area contributed by atoms with E-state index in [0.717, 1.165) is 19.5 Å². The van der Waals surface area contributed by atoms with Gasteiger partial charge in [0.15, 0.2) is 0 Å². The van der Waals surface area contributed by atoms with Crippen LogP contribution in [0.5, 0.6) is 5.75 Å². The molecular weight excluding hydrogens is 425 g/mol. The number of likely N-dealkylation sites (tertiary alicyclic amines) is 1. The molecule has 1 aromatic carbocycles. The number of ether oxygens (including phenoxy) is 2. The average Bonchev–Trinajstić information content (AvgIpc) is 2.96. The summed E-state index contributed by atoms with van der Waals surface area (Å²) in [7, 11) is 0. The summed E-state index contributed by atoms with van der Waals surface area (Å²) in [5, 5.41) is 0. The number of rotatable bonds is 4. The Labute approximate surface area is 195 Å². The largest absolute Gasteiger partial charge is 0.488 e. The monoisotopic (exact) mass is 461 g/mol. The van der Waals surface area contributed by atoms with Crippen LogP contribution in [0.4, 0.5) is 9.18 Å². The summed E-state index contributed by atoms with van der Waals surface area (Å²) in [4.78, 5) is 32.5. The summed E-state index contributed by atoms with van der Waals surface area (Å²) in [5.74, 6) is -0.0486. The fourth-order valence-corrected chi connectivity index (χ4v) is 4.86. The fraction of sp³-hybridized carbons (Fsp3) is 0.680. The average molecular weight is 462 g/mol. The van der Waals surface area contributed by atoms with Crippen molar-refractivity contribution >= 4 is 12.0 Å². The fourth-order valence-electron chi connectivity index (χ4n) is 4.86. The van der Waals surface area contributed by atoms with Gasteiger partial charge in [-0.1, -0.05) is 12.5 Å².